The molecule has 3 rings (SSSR count). The summed E-state index contributed by atoms with van der Waals surface area (Å²) in [5.74, 6) is -2.59. The van der Waals surface area contributed by atoms with E-state index in [1.165, 1.54) is 0 Å². The highest BCUT2D eigenvalue weighted by atomic mass is 32.2. The van der Waals surface area contributed by atoms with Gasteiger partial charge in [-0.15, -0.1) is 0 Å². The Labute approximate surface area is 161 Å². The molecule has 1 fully saturated rings. The number of hydrogen-bond donors (Lipinski definition) is 2. The van der Waals surface area contributed by atoms with Crippen LogP contribution in [0.25, 0.3) is 0 Å². The molecule has 1 aliphatic rings. The third-order valence-electron chi connectivity index (χ3n) is 4.27. The molecule has 0 spiro atoms. The summed E-state index contributed by atoms with van der Waals surface area (Å²) in [7, 11) is 0. The van der Waals surface area contributed by atoms with Crippen molar-refractivity contribution < 1.29 is 18.3 Å². The Morgan fingerprint density at radius 1 is 1.04 bits per heavy atom. The highest BCUT2D eigenvalue weighted by molar-refractivity contribution is 7.99. The highest BCUT2D eigenvalue weighted by Gasteiger charge is 2.13. The zero-order valence-electron chi connectivity index (χ0n) is 14.8. The van der Waals surface area contributed by atoms with Crippen LogP contribution in [0.1, 0.15) is 18.4 Å². The first-order chi connectivity index (χ1) is 13.1. The van der Waals surface area contributed by atoms with E-state index >= 15 is 0 Å². The first-order valence-corrected chi connectivity index (χ1v) is 9.74. The van der Waals surface area contributed by atoms with Crippen molar-refractivity contribution >= 4 is 29.0 Å². The van der Waals surface area contributed by atoms with Crippen LogP contribution in [-0.2, 0) is 16.0 Å². The van der Waals surface area contributed by atoms with Gasteiger partial charge in [0, 0.05) is 35.5 Å². The van der Waals surface area contributed by atoms with Crippen molar-refractivity contribution in [1.29, 1.82) is 0 Å². The Kier molecular flexibility index (Phi) is 7.06. The molecule has 0 aromatic heterocycles. The summed E-state index contributed by atoms with van der Waals surface area (Å²) < 4.78 is 30.0. The Bertz CT molecular complexity index is 733. The molecular formula is C20H22F2N2O2S. The normalized spacial score (nSPS) is 14.9. The fraction of sp³-hybridized carbons (Fsp3) is 0.350. The molecule has 144 valence electrons. The van der Waals surface area contributed by atoms with Gasteiger partial charge in [0.05, 0.1) is 6.42 Å². The number of benzene rings is 2. The van der Waals surface area contributed by atoms with Gasteiger partial charge >= 0.3 is 0 Å². The van der Waals surface area contributed by atoms with Gasteiger partial charge in [-0.05, 0) is 54.8 Å². The van der Waals surface area contributed by atoms with Gasteiger partial charge in [0.1, 0.15) is 0 Å². The maximum Gasteiger partial charge on any atom is 0.288 e. The molecule has 1 heterocycles. The average Bonchev–Trinajstić information content (AvgIpc) is 2.65. The van der Waals surface area contributed by atoms with E-state index in [1.54, 1.807) is 24.3 Å². The van der Waals surface area contributed by atoms with Crippen LogP contribution in [0.15, 0.2) is 53.4 Å². The minimum absolute atomic E-state index is 0.144. The van der Waals surface area contributed by atoms with Gasteiger partial charge in [0.15, 0.2) is 0 Å². The molecule has 1 amide bonds. The molecule has 0 atom stereocenters. The maximum atomic E-state index is 12.3. The smallest absolute Gasteiger partial charge is 0.288 e. The van der Waals surface area contributed by atoms with Crippen molar-refractivity contribution in [1.82, 2.24) is 0 Å². The van der Waals surface area contributed by atoms with Crippen molar-refractivity contribution in [2.75, 3.05) is 23.8 Å². The minimum atomic E-state index is -2.45. The fourth-order valence-electron chi connectivity index (χ4n) is 2.91. The summed E-state index contributed by atoms with van der Waals surface area (Å²) in [6.45, 7) is 1.58. The lowest BCUT2D eigenvalue weighted by molar-refractivity contribution is -0.115. The number of hydrogen-bond acceptors (Lipinski definition) is 4. The van der Waals surface area contributed by atoms with E-state index in [0.717, 1.165) is 37.3 Å². The number of anilines is 2. The number of halogens is 2. The van der Waals surface area contributed by atoms with Gasteiger partial charge in [-0.2, -0.15) is 8.78 Å². The number of rotatable bonds is 7. The van der Waals surface area contributed by atoms with Crippen LogP contribution in [0.3, 0.4) is 0 Å². The van der Waals surface area contributed by atoms with Crippen molar-refractivity contribution in [2.24, 2.45) is 0 Å². The van der Waals surface area contributed by atoms with Gasteiger partial charge in [-0.25, -0.2) is 0 Å². The van der Waals surface area contributed by atoms with Crippen molar-refractivity contribution in [3.8, 4) is 0 Å². The third-order valence-corrected chi connectivity index (χ3v) is 5.00. The monoisotopic (exact) mass is 392 g/mol. The van der Waals surface area contributed by atoms with E-state index in [-0.39, 0.29) is 12.3 Å². The number of carbonyl (C=O) groups excluding carboxylic acids is 1. The Morgan fingerprint density at radius 2 is 1.67 bits per heavy atom. The van der Waals surface area contributed by atoms with Crippen LogP contribution < -0.4 is 10.6 Å². The second-order valence-corrected chi connectivity index (χ2v) is 7.42. The van der Waals surface area contributed by atoms with E-state index in [1.807, 2.05) is 24.3 Å². The van der Waals surface area contributed by atoms with Crippen molar-refractivity contribution in [3.05, 3.63) is 54.1 Å². The van der Waals surface area contributed by atoms with Gasteiger partial charge < -0.3 is 15.4 Å². The summed E-state index contributed by atoms with van der Waals surface area (Å²) in [5, 5.41) is 6.27. The van der Waals surface area contributed by atoms with Crippen LogP contribution in [0, 0.1) is 0 Å². The Hall–Kier alpha value is -2.12. The molecule has 1 saturated heterocycles. The van der Waals surface area contributed by atoms with E-state index < -0.39 is 5.76 Å². The quantitative estimate of drug-likeness (QED) is 0.666. The summed E-state index contributed by atoms with van der Waals surface area (Å²) in [6, 6.07) is 14.7. The second kappa shape index (κ2) is 9.71. The number of carbonyl (C=O) groups is 1. The Balaban J connectivity index is 1.48. The molecule has 4 nitrogen and oxygen atoms in total. The van der Waals surface area contributed by atoms with Gasteiger partial charge in [-0.1, -0.05) is 23.9 Å². The molecule has 27 heavy (non-hydrogen) atoms. The topological polar surface area (TPSA) is 50.4 Å². The van der Waals surface area contributed by atoms with E-state index in [2.05, 4.69) is 10.6 Å². The molecule has 2 aromatic carbocycles. The van der Waals surface area contributed by atoms with Crippen LogP contribution >= 0.6 is 11.8 Å². The molecule has 0 saturated carbocycles. The number of alkyl halides is 2. The number of amides is 1. The molecule has 2 N–H and O–H groups in total. The van der Waals surface area contributed by atoms with Crippen LogP contribution in [0.2, 0.25) is 0 Å². The average molecular weight is 392 g/mol. The number of nitrogens with one attached hydrogen (secondary N) is 2. The maximum absolute atomic E-state index is 12.3. The first-order valence-electron chi connectivity index (χ1n) is 8.86. The van der Waals surface area contributed by atoms with Crippen LogP contribution in [0.4, 0.5) is 20.2 Å². The van der Waals surface area contributed by atoms with Crippen LogP contribution in [0.5, 0.6) is 0 Å². The summed E-state index contributed by atoms with van der Waals surface area (Å²) in [5.41, 5.74) is 2.55. The SMILES string of the molecule is O=C(Cc1ccc(NC2CCOCC2)cc1)Nc1ccc(SC(F)F)cc1. The second-order valence-electron chi connectivity index (χ2n) is 6.36. The molecule has 7 heteroatoms. The van der Waals surface area contributed by atoms with Crippen molar-refractivity contribution in [2.45, 2.75) is 36.0 Å². The largest absolute Gasteiger partial charge is 0.382 e. The fourth-order valence-corrected chi connectivity index (χ4v) is 3.41. The molecule has 0 unspecified atom stereocenters. The first kappa shape index (κ1) is 19.6. The van der Waals surface area contributed by atoms with Gasteiger partial charge in [0.2, 0.25) is 5.91 Å². The zero-order valence-corrected chi connectivity index (χ0v) is 15.6. The van der Waals surface area contributed by atoms with Gasteiger partial charge in [-0.3, -0.25) is 4.79 Å². The van der Waals surface area contributed by atoms with Crippen LogP contribution in [-0.4, -0.2) is 30.9 Å². The summed E-state index contributed by atoms with van der Waals surface area (Å²) >= 11 is 0.483. The lowest BCUT2D eigenvalue weighted by Gasteiger charge is -2.24. The molecular weight excluding hydrogens is 370 g/mol. The molecule has 0 radical (unpaired) electrons. The summed E-state index contributed by atoms with van der Waals surface area (Å²) in [4.78, 5) is 12.6. The van der Waals surface area contributed by atoms with Gasteiger partial charge in [0.25, 0.3) is 5.76 Å². The molecule has 0 aliphatic carbocycles. The predicted molar refractivity (Wildman–Crippen MR) is 105 cm³/mol. The standard InChI is InChI=1S/C20H22F2N2O2S/c21-20(22)27-18-7-5-16(6-8-18)24-19(25)13-14-1-3-15(4-2-14)23-17-9-11-26-12-10-17/h1-8,17,20,23H,9-13H2,(H,24,25). The van der Waals surface area contributed by atoms with E-state index in [4.69, 9.17) is 4.74 Å². The Morgan fingerprint density at radius 3 is 2.30 bits per heavy atom. The predicted octanol–water partition coefficient (Wildman–Crippen LogP) is 4.77. The number of ether oxygens (including phenoxy) is 1. The minimum Gasteiger partial charge on any atom is -0.382 e. The molecule has 1 aliphatic heterocycles. The molecule has 0 bridgehead atoms. The van der Waals surface area contributed by atoms with Crippen molar-refractivity contribution in [3.63, 3.8) is 0 Å². The van der Waals surface area contributed by atoms with E-state index in [9.17, 15) is 13.6 Å². The van der Waals surface area contributed by atoms with E-state index in [0.29, 0.717) is 28.4 Å². The zero-order chi connectivity index (χ0) is 19.1. The third kappa shape index (κ3) is 6.52. The summed E-state index contributed by atoms with van der Waals surface area (Å²) in [6.07, 6.45) is 2.25. The molecule has 2 aromatic rings. The highest BCUT2D eigenvalue weighted by Crippen LogP contribution is 2.26. The number of thioether (sulfide) groups is 1. The lowest BCUT2D eigenvalue weighted by atomic mass is 10.1. The lowest BCUT2D eigenvalue weighted by Crippen LogP contribution is -2.27.